The zero-order valence-corrected chi connectivity index (χ0v) is 7.31. The van der Waals surface area contributed by atoms with E-state index in [1.165, 1.54) is 5.30 Å². The molecular formula is C8H11BP. The Morgan fingerprint density at radius 3 is 2.30 bits per heavy atom. The fourth-order valence-electron chi connectivity index (χ4n) is 0.812. The van der Waals surface area contributed by atoms with E-state index in [0.29, 0.717) is 0 Å². The Hall–Kier alpha value is -0.285. The first-order chi connectivity index (χ1) is 4.84. The Morgan fingerprint density at radius 2 is 1.80 bits per heavy atom. The van der Waals surface area contributed by atoms with E-state index in [1.54, 1.807) is 0 Å². The summed E-state index contributed by atoms with van der Waals surface area (Å²) in [4.78, 5) is 0. The molecule has 0 amide bonds. The SMILES string of the molecule is C[B]P(C)c1ccccc1. The van der Waals surface area contributed by atoms with Crippen molar-refractivity contribution in [3.8, 4) is 0 Å². The van der Waals surface area contributed by atoms with Gasteiger partial charge >= 0.3 is 0 Å². The first-order valence-electron chi connectivity index (χ1n) is 3.42. The monoisotopic (exact) mass is 149 g/mol. The molecule has 0 saturated carbocycles. The van der Waals surface area contributed by atoms with Crippen molar-refractivity contribution in [2.24, 2.45) is 0 Å². The molecule has 0 aromatic heterocycles. The van der Waals surface area contributed by atoms with Crippen molar-refractivity contribution in [1.82, 2.24) is 0 Å². The quantitative estimate of drug-likeness (QED) is 0.446. The summed E-state index contributed by atoms with van der Waals surface area (Å²) in [5, 5.41) is 1.46. The van der Waals surface area contributed by atoms with Crippen molar-refractivity contribution in [3.05, 3.63) is 30.3 Å². The Balaban J connectivity index is 2.75. The van der Waals surface area contributed by atoms with Crippen molar-refractivity contribution in [2.45, 2.75) is 6.82 Å². The van der Waals surface area contributed by atoms with Crippen LogP contribution in [-0.2, 0) is 0 Å². The minimum absolute atomic E-state index is 0.00154. The Morgan fingerprint density at radius 1 is 1.20 bits per heavy atom. The van der Waals surface area contributed by atoms with E-state index in [2.05, 4.69) is 50.8 Å². The second kappa shape index (κ2) is 3.78. The lowest BCUT2D eigenvalue weighted by Crippen LogP contribution is -2.00. The lowest BCUT2D eigenvalue weighted by atomic mass is 10.2. The summed E-state index contributed by atoms with van der Waals surface area (Å²) < 4.78 is 0. The lowest BCUT2D eigenvalue weighted by molar-refractivity contribution is 1.77. The normalized spacial score (nSPS) is 12.6. The molecule has 0 bridgehead atoms. The first kappa shape index (κ1) is 7.82. The molecule has 1 aromatic carbocycles. The molecule has 51 valence electrons. The van der Waals surface area contributed by atoms with Crippen LogP contribution < -0.4 is 5.30 Å². The van der Waals surface area contributed by atoms with Gasteiger partial charge < -0.3 is 0 Å². The van der Waals surface area contributed by atoms with Crippen molar-refractivity contribution < 1.29 is 0 Å². The number of hydrogen-bond acceptors (Lipinski definition) is 0. The third kappa shape index (κ3) is 1.85. The van der Waals surface area contributed by atoms with Crippen LogP contribution in [0.3, 0.4) is 0 Å². The van der Waals surface area contributed by atoms with Crippen LogP contribution in [0.1, 0.15) is 0 Å². The molecule has 10 heavy (non-hydrogen) atoms. The van der Waals surface area contributed by atoms with Gasteiger partial charge in [0.2, 0.25) is 0 Å². The van der Waals surface area contributed by atoms with Gasteiger partial charge in [-0.25, -0.2) is 0 Å². The molecule has 0 spiro atoms. The highest BCUT2D eigenvalue weighted by atomic mass is 31.1. The maximum absolute atomic E-state index is 2.27. The van der Waals surface area contributed by atoms with Gasteiger partial charge in [0.15, 0.2) is 0 Å². The van der Waals surface area contributed by atoms with Gasteiger partial charge in [-0.3, -0.25) is 0 Å². The molecule has 0 aliphatic carbocycles. The van der Waals surface area contributed by atoms with Crippen molar-refractivity contribution in [1.29, 1.82) is 0 Å². The van der Waals surface area contributed by atoms with Crippen molar-refractivity contribution in [3.63, 3.8) is 0 Å². The van der Waals surface area contributed by atoms with Crippen LogP contribution in [0.2, 0.25) is 6.82 Å². The van der Waals surface area contributed by atoms with Crippen LogP contribution in [0.4, 0.5) is 0 Å². The molecule has 2 heteroatoms. The third-order valence-corrected chi connectivity index (χ3v) is 3.44. The smallest absolute Gasteiger partial charge is 0.121 e. The molecule has 1 aromatic rings. The Labute approximate surface area is 64.6 Å². The summed E-state index contributed by atoms with van der Waals surface area (Å²) in [7, 11) is 0.00154. The predicted molar refractivity (Wildman–Crippen MR) is 50.5 cm³/mol. The fourth-order valence-corrected chi connectivity index (χ4v) is 1.75. The predicted octanol–water partition coefficient (Wildman–Crippen LogP) is 2.09. The van der Waals surface area contributed by atoms with Gasteiger partial charge in [-0.15, -0.1) is 7.80 Å². The third-order valence-electron chi connectivity index (χ3n) is 1.55. The Kier molecular flexibility index (Phi) is 2.95. The van der Waals surface area contributed by atoms with Crippen LogP contribution in [0.25, 0.3) is 0 Å². The molecule has 1 radical (unpaired) electrons. The van der Waals surface area contributed by atoms with Gasteiger partial charge in [-0.1, -0.05) is 37.2 Å². The molecule has 1 unspecified atom stereocenters. The average molecular weight is 149 g/mol. The van der Waals surface area contributed by atoms with E-state index in [4.69, 9.17) is 0 Å². The van der Waals surface area contributed by atoms with E-state index in [-0.39, 0.29) is 7.80 Å². The summed E-state index contributed by atoms with van der Waals surface area (Å²) in [6.45, 7) is 6.66. The molecular weight excluding hydrogens is 138 g/mol. The van der Waals surface area contributed by atoms with Gasteiger partial charge in [0.05, 0.1) is 0 Å². The van der Waals surface area contributed by atoms with E-state index < -0.39 is 0 Å². The van der Waals surface area contributed by atoms with Gasteiger partial charge in [0.25, 0.3) is 0 Å². The van der Waals surface area contributed by atoms with E-state index in [9.17, 15) is 0 Å². The maximum Gasteiger partial charge on any atom is 0.148 e. The molecule has 1 rings (SSSR count). The minimum atomic E-state index is 0.00154. The highest BCUT2D eigenvalue weighted by molar-refractivity contribution is 7.91. The zero-order valence-electron chi connectivity index (χ0n) is 6.41. The average Bonchev–Trinajstić information content (AvgIpc) is 2.05. The van der Waals surface area contributed by atoms with E-state index in [0.717, 1.165) is 0 Å². The summed E-state index contributed by atoms with van der Waals surface area (Å²) in [5.74, 6) is 0. The molecule has 0 heterocycles. The molecule has 0 saturated heterocycles. The van der Waals surface area contributed by atoms with Gasteiger partial charge in [-0.2, -0.15) is 0 Å². The molecule has 0 N–H and O–H groups in total. The van der Waals surface area contributed by atoms with E-state index >= 15 is 0 Å². The van der Waals surface area contributed by atoms with Crippen LogP contribution in [0, 0.1) is 0 Å². The van der Waals surface area contributed by atoms with Crippen molar-refractivity contribution in [2.75, 3.05) is 6.66 Å². The standard InChI is InChI=1S/C8H11BP/c1-9-10(2)8-6-4-3-5-7-8/h3-7H,1-2H3. The molecule has 0 fully saturated rings. The summed E-state index contributed by atoms with van der Waals surface area (Å²) >= 11 is 0. The number of rotatable bonds is 2. The summed E-state index contributed by atoms with van der Waals surface area (Å²) in [6, 6.07) is 10.6. The van der Waals surface area contributed by atoms with Gasteiger partial charge in [0.1, 0.15) is 7.00 Å². The topological polar surface area (TPSA) is 0 Å². The first-order valence-corrected chi connectivity index (χ1v) is 5.28. The van der Waals surface area contributed by atoms with Crippen molar-refractivity contribution >= 4 is 20.1 Å². The minimum Gasteiger partial charge on any atom is -0.121 e. The fraction of sp³-hybridized carbons (Fsp3) is 0.250. The van der Waals surface area contributed by atoms with Gasteiger partial charge in [-0.05, 0) is 12.0 Å². The summed E-state index contributed by atoms with van der Waals surface area (Å²) in [5.41, 5.74) is 0. The zero-order chi connectivity index (χ0) is 7.40. The largest absolute Gasteiger partial charge is 0.148 e. The lowest BCUT2D eigenvalue weighted by Gasteiger charge is -2.07. The van der Waals surface area contributed by atoms with E-state index in [1.807, 2.05) is 0 Å². The highest BCUT2D eigenvalue weighted by Gasteiger charge is 1.98. The second-order valence-corrected chi connectivity index (χ2v) is 4.46. The molecule has 0 aliphatic heterocycles. The Bertz CT molecular complexity index is 186. The summed E-state index contributed by atoms with van der Waals surface area (Å²) in [6.07, 6.45) is 0. The van der Waals surface area contributed by atoms with Gasteiger partial charge in [0, 0.05) is 0 Å². The molecule has 0 aliphatic rings. The number of hydrogen-bond donors (Lipinski definition) is 0. The highest BCUT2D eigenvalue weighted by Crippen LogP contribution is 2.25. The van der Waals surface area contributed by atoms with Crippen LogP contribution in [-0.4, -0.2) is 13.7 Å². The molecule has 1 atom stereocenters. The van der Waals surface area contributed by atoms with Crippen LogP contribution in [0.5, 0.6) is 0 Å². The van der Waals surface area contributed by atoms with Crippen LogP contribution in [0.15, 0.2) is 30.3 Å². The maximum atomic E-state index is 2.27. The second-order valence-electron chi connectivity index (χ2n) is 2.20. The number of benzene rings is 1. The van der Waals surface area contributed by atoms with Crippen LogP contribution >= 0.6 is 7.80 Å². The molecule has 0 nitrogen and oxygen atoms in total.